The number of hydrogen-bond donors (Lipinski definition) is 0. The minimum absolute atomic E-state index is 0.00176. The molecule has 0 aliphatic heterocycles. The van der Waals surface area contributed by atoms with Gasteiger partial charge in [0.2, 0.25) is 0 Å². The van der Waals surface area contributed by atoms with Gasteiger partial charge in [-0.3, -0.25) is 14.7 Å². The number of alkyl halides is 3. The lowest BCUT2D eigenvalue weighted by molar-refractivity contribution is -0.137. The molecule has 2 aromatic carbocycles. The Balaban J connectivity index is 1.77. The van der Waals surface area contributed by atoms with E-state index >= 15 is 0 Å². The van der Waals surface area contributed by atoms with Crippen molar-refractivity contribution in [2.24, 2.45) is 0 Å². The Kier molecular flexibility index (Phi) is 5.21. The number of benzene rings is 2. The number of carbonyl (C=O) groups is 1. The van der Waals surface area contributed by atoms with Gasteiger partial charge in [0.1, 0.15) is 5.82 Å². The van der Waals surface area contributed by atoms with E-state index in [0.717, 1.165) is 23.5 Å². The first-order valence-corrected chi connectivity index (χ1v) is 9.58. The first kappa shape index (κ1) is 20.0. The van der Waals surface area contributed by atoms with Crippen LogP contribution < -0.4 is 4.90 Å². The zero-order valence-corrected chi connectivity index (χ0v) is 16.0. The Morgan fingerprint density at radius 3 is 2.60 bits per heavy atom. The van der Waals surface area contributed by atoms with E-state index in [1.165, 1.54) is 35.2 Å². The predicted molar refractivity (Wildman–Crippen MR) is 106 cm³/mol. The quantitative estimate of drug-likeness (QED) is 0.390. The second-order valence-corrected chi connectivity index (χ2v) is 7.41. The third-order valence-electron chi connectivity index (χ3n) is 4.30. The molecule has 4 nitrogen and oxygen atoms in total. The van der Waals surface area contributed by atoms with Gasteiger partial charge < -0.3 is 0 Å². The van der Waals surface area contributed by atoms with E-state index < -0.39 is 23.5 Å². The maximum absolute atomic E-state index is 13.6. The van der Waals surface area contributed by atoms with E-state index in [0.29, 0.717) is 15.9 Å². The van der Waals surface area contributed by atoms with Crippen LogP contribution in [-0.2, 0) is 12.7 Å². The van der Waals surface area contributed by atoms with Gasteiger partial charge in [-0.05, 0) is 48.5 Å². The summed E-state index contributed by atoms with van der Waals surface area (Å²) in [5.74, 6) is -1.11. The highest BCUT2D eigenvalue weighted by molar-refractivity contribution is 7.22. The largest absolute Gasteiger partial charge is 0.416 e. The van der Waals surface area contributed by atoms with Crippen LogP contribution >= 0.6 is 11.3 Å². The fourth-order valence-corrected chi connectivity index (χ4v) is 3.85. The maximum Gasteiger partial charge on any atom is 0.416 e. The number of fused-ring (bicyclic) bond motifs is 1. The Labute approximate surface area is 172 Å². The third-order valence-corrected chi connectivity index (χ3v) is 5.34. The van der Waals surface area contributed by atoms with Gasteiger partial charge in [-0.25, -0.2) is 9.37 Å². The van der Waals surface area contributed by atoms with E-state index in [2.05, 4.69) is 9.97 Å². The molecule has 0 unspecified atom stereocenters. The molecular formula is C21H13F4N3OS. The molecule has 30 heavy (non-hydrogen) atoms. The summed E-state index contributed by atoms with van der Waals surface area (Å²) in [6, 6.07) is 13.4. The van der Waals surface area contributed by atoms with Crippen LogP contribution in [0.1, 0.15) is 21.6 Å². The lowest BCUT2D eigenvalue weighted by atomic mass is 10.1. The van der Waals surface area contributed by atoms with Gasteiger partial charge >= 0.3 is 6.18 Å². The van der Waals surface area contributed by atoms with Crippen molar-refractivity contribution in [3.05, 3.63) is 89.5 Å². The van der Waals surface area contributed by atoms with Crippen molar-refractivity contribution in [2.45, 2.75) is 12.7 Å². The Morgan fingerprint density at radius 2 is 1.87 bits per heavy atom. The number of rotatable bonds is 4. The Morgan fingerprint density at radius 1 is 1.03 bits per heavy atom. The summed E-state index contributed by atoms with van der Waals surface area (Å²) >= 11 is 1.08. The molecule has 2 heterocycles. The Bertz CT molecular complexity index is 1210. The molecule has 0 bridgehead atoms. The summed E-state index contributed by atoms with van der Waals surface area (Å²) in [6.45, 7) is -0.00176. The number of pyridine rings is 1. The van der Waals surface area contributed by atoms with Crippen LogP contribution in [0, 0.1) is 5.82 Å². The molecule has 4 aromatic rings. The van der Waals surface area contributed by atoms with Crippen LogP contribution in [0.15, 0.2) is 66.9 Å². The van der Waals surface area contributed by atoms with Crippen molar-refractivity contribution < 1.29 is 22.4 Å². The summed E-state index contributed by atoms with van der Waals surface area (Å²) in [5, 5.41) is 0.240. The van der Waals surface area contributed by atoms with Crippen molar-refractivity contribution >= 4 is 32.6 Å². The predicted octanol–water partition coefficient (Wildman–Crippen LogP) is 5.70. The number of carbonyl (C=O) groups excluding carboxylic acids is 1. The van der Waals surface area contributed by atoms with Crippen molar-refractivity contribution in [1.82, 2.24) is 9.97 Å². The summed E-state index contributed by atoms with van der Waals surface area (Å²) in [4.78, 5) is 23.0. The van der Waals surface area contributed by atoms with Crippen LogP contribution in [0.3, 0.4) is 0 Å². The lowest BCUT2D eigenvalue weighted by Gasteiger charge is -2.20. The number of nitrogens with zero attached hydrogens (tertiary/aromatic N) is 3. The molecule has 152 valence electrons. The fraction of sp³-hybridized carbons (Fsp3) is 0.0952. The normalized spacial score (nSPS) is 11.6. The van der Waals surface area contributed by atoms with Crippen LogP contribution in [0.4, 0.5) is 22.7 Å². The molecule has 0 saturated heterocycles. The van der Waals surface area contributed by atoms with Crippen molar-refractivity contribution in [3.63, 3.8) is 0 Å². The van der Waals surface area contributed by atoms with Gasteiger partial charge in [0.15, 0.2) is 5.13 Å². The van der Waals surface area contributed by atoms with Gasteiger partial charge in [-0.2, -0.15) is 13.2 Å². The van der Waals surface area contributed by atoms with E-state index in [4.69, 9.17) is 0 Å². The van der Waals surface area contributed by atoms with Crippen molar-refractivity contribution in [2.75, 3.05) is 4.90 Å². The molecule has 0 N–H and O–H groups in total. The highest BCUT2D eigenvalue weighted by Crippen LogP contribution is 2.33. The van der Waals surface area contributed by atoms with Gasteiger partial charge in [-0.1, -0.05) is 23.5 Å². The molecule has 2 aromatic heterocycles. The average molecular weight is 431 g/mol. The summed E-state index contributed by atoms with van der Waals surface area (Å²) in [7, 11) is 0. The molecule has 0 radical (unpaired) electrons. The van der Waals surface area contributed by atoms with Gasteiger partial charge in [0.25, 0.3) is 5.91 Å². The Hall–Kier alpha value is -3.33. The van der Waals surface area contributed by atoms with E-state index in [-0.39, 0.29) is 17.2 Å². The average Bonchev–Trinajstić information content (AvgIpc) is 3.14. The van der Waals surface area contributed by atoms with Crippen molar-refractivity contribution in [1.29, 1.82) is 0 Å². The van der Waals surface area contributed by atoms with Gasteiger partial charge in [0.05, 0.1) is 28.0 Å². The smallest absolute Gasteiger partial charge is 0.278 e. The monoisotopic (exact) mass is 431 g/mol. The highest BCUT2D eigenvalue weighted by Gasteiger charge is 2.32. The topological polar surface area (TPSA) is 46.1 Å². The summed E-state index contributed by atoms with van der Waals surface area (Å²) in [6.07, 6.45) is -3.02. The molecule has 1 amide bonds. The van der Waals surface area contributed by atoms with E-state index in [9.17, 15) is 22.4 Å². The lowest BCUT2D eigenvalue weighted by Crippen LogP contribution is -2.31. The number of hydrogen-bond acceptors (Lipinski definition) is 4. The minimum Gasteiger partial charge on any atom is -0.278 e. The van der Waals surface area contributed by atoms with Gasteiger partial charge in [-0.15, -0.1) is 0 Å². The number of amides is 1. The molecule has 0 saturated carbocycles. The summed E-state index contributed by atoms with van der Waals surface area (Å²) < 4.78 is 53.4. The molecule has 0 fully saturated rings. The number of aromatic nitrogens is 2. The van der Waals surface area contributed by atoms with Crippen LogP contribution in [0.5, 0.6) is 0 Å². The van der Waals surface area contributed by atoms with Crippen LogP contribution in [0.25, 0.3) is 10.2 Å². The zero-order valence-electron chi connectivity index (χ0n) is 15.2. The zero-order chi connectivity index (χ0) is 21.3. The minimum atomic E-state index is -4.57. The third kappa shape index (κ3) is 4.16. The number of halogens is 4. The van der Waals surface area contributed by atoms with E-state index in [1.807, 2.05) is 0 Å². The second-order valence-electron chi connectivity index (χ2n) is 6.40. The fourth-order valence-electron chi connectivity index (χ4n) is 2.87. The van der Waals surface area contributed by atoms with Gasteiger partial charge in [0, 0.05) is 11.8 Å². The maximum atomic E-state index is 13.6. The molecule has 0 spiro atoms. The molecular weight excluding hydrogens is 418 g/mol. The highest BCUT2D eigenvalue weighted by atomic mass is 32.1. The number of anilines is 1. The second kappa shape index (κ2) is 7.83. The summed E-state index contributed by atoms with van der Waals surface area (Å²) in [5.41, 5.74) is -0.0359. The van der Waals surface area contributed by atoms with Crippen molar-refractivity contribution in [3.8, 4) is 0 Å². The molecule has 9 heteroatoms. The van der Waals surface area contributed by atoms with Crippen LogP contribution in [-0.4, -0.2) is 15.9 Å². The molecule has 4 rings (SSSR count). The first-order chi connectivity index (χ1) is 14.3. The first-order valence-electron chi connectivity index (χ1n) is 8.76. The van der Waals surface area contributed by atoms with E-state index in [1.54, 1.807) is 24.4 Å². The standard InChI is InChI=1S/C21H13F4N3OS/c22-15-7-8-17-18(11-15)30-20(27-17)28(12-16-6-1-2-9-26-16)19(29)13-4-3-5-14(10-13)21(23,24)25/h1-11H,12H2. The SMILES string of the molecule is O=C(c1cccc(C(F)(F)F)c1)N(Cc1ccccn1)c1nc2ccc(F)cc2s1. The molecule has 0 aliphatic carbocycles. The number of thiazole rings is 1. The molecule has 0 atom stereocenters. The molecule has 0 aliphatic rings. The van der Waals surface area contributed by atoms with Crippen LogP contribution in [0.2, 0.25) is 0 Å².